The van der Waals surface area contributed by atoms with E-state index in [4.69, 9.17) is 0 Å². The number of rotatable bonds is 1. The number of hydrogen-bond donors (Lipinski definition) is 0. The molecule has 0 nitrogen and oxygen atoms in total. The number of allylic oxidation sites excluding steroid dienone is 1. The van der Waals surface area contributed by atoms with Crippen LogP contribution in [0.2, 0.25) is 0 Å². The maximum Gasteiger partial charge on any atom is -0.0122 e. The number of hydrogen-bond acceptors (Lipinski definition) is 0. The Morgan fingerprint density at radius 2 is 1.69 bits per heavy atom. The minimum atomic E-state index is 0.442. The molecule has 0 N–H and O–H groups in total. The van der Waals surface area contributed by atoms with Gasteiger partial charge in [0.1, 0.15) is 0 Å². The summed E-state index contributed by atoms with van der Waals surface area (Å²) in [6.07, 6.45) is 13.1. The van der Waals surface area contributed by atoms with Gasteiger partial charge in [-0.3, -0.25) is 0 Å². The summed E-state index contributed by atoms with van der Waals surface area (Å²) in [6, 6.07) is 0. The molecule has 0 aromatic rings. The largest absolute Gasteiger partial charge is 0.0996 e. The average Bonchev–Trinajstić information content (AvgIpc) is 2.97. The van der Waals surface area contributed by atoms with Gasteiger partial charge in [-0.1, -0.05) is 51.2 Å². The van der Waals surface area contributed by atoms with Gasteiger partial charge in [0.15, 0.2) is 0 Å². The molecule has 92 valence electrons. The molecule has 0 heteroatoms. The Morgan fingerprint density at radius 1 is 1.00 bits per heavy atom. The molecule has 3 unspecified atom stereocenters. The second kappa shape index (κ2) is 4.94. The molecule has 2 aliphatic rings. The van der Waals surface area contributed by atoms with Gasteiger partial charge < -0.3 is 0 Å². The van der Waals surface area contributed by atoms with Gasteiger partial charge in [0.25, 0.3) is 0 Å². The van der Waals surface area contributed by atoms with Crippen LogP contribution in [-0.2, 0) is 0 Å². The Hall–Kier alpha value is -0.260. The van der Waals surface area contributed by atoms with Crippen molar-refractivity contribution in [1.82, 2.24) is 0 Å². The Labute approximate surface area is 102 Å². The van der Waals surface area contributed by atoms with Crippen LogP contribution >= 0.6 is 0 Å². The summed E-state index contributed by atoms with van der Waals surface area (Å²) in [5.41, 5.74) is 1.86. The van der Waals surface area contributed by atoms with E-state index in [2.05, 4.69) is 20.4 Å². The minimum absolute atomic E-state index is 0.442. The zero-order chi connectivity index (χ0) is 11.6. The lowest BCUT2D eigenvalue weighted by Gasteiger charge is -2.30. The molecular formula is C16H28. The van der Waals surface area contributed by atoms with Gasteiger partial charge in [0, 0.05) is 0 Å². The fraction of sp³-hybridized carbons (Fsp3) is 0.875. The first-order valence-electron chi connectivity index (χ1n) is 7.28. The highest BCUT2D eigenvalue weighted by molar-refractivity contribution is 5.06. The normalized spacial score (nSPS) is 40.6. The Bertz CT molecular complexity index is 253. The first-order valence-corrected chi connectivity index (χ1v) is 7.28. The van der Waals surface area contributed by atoms with Crippen LogP contribution in [0.5, 0.6) is 0 Å². The number of fused-ring (bicyclic) bond motifs is 1. The smallest absolute Gasteiger partial charge is 0.0122 e. The Kier molecular flexibility index (Phi) is 3.77. The summed E-state index contributed by atoms with van der Waals surface area (Å²) in [7, 11) is 0. The SMILES string of the molecule is C=C(C)C1(C)CCCCCCC2CC2CC1. The molecule has 0 aromatic carbocycles. The average molecular weight is 220 g/mol. The van der Waals surface area contributed by atoms with Crippen molar-refractivity contribution in [3.8, 4) is 0 Å². The van der Waals surface area contributed by atoms with Gasteiger partial charge in [-0.2, -0.15) is 0 Å². The van der Waals surface area contributed by atoms with E-state index in [1.165, 1.54) is 63.4 Å². The van der Waals surface area contributed by atoms with E-state index >= 15 is 0 Å². The third-order valence-electron chi connectivity index (χ3n) is 5.22. The lowest BCUT2D eigenvalue weighted by atomic mass is 9.75. The second-order valence-corrected chi connectivity index (χ2v) is 6.59. The first kappa shape index (κ1) is 12.2. The van der Waals surface area contributed by atoms with Crippen LogP contribution < -0.4 is 0 Å². The first-order chi connectivity index (χ1) is 7.62. The fourth-order valence-corrected chi connectivity index (χ4v) is 3.35. The summed E-state index contributed by atoms with van der Waals surface area (Å²) >= 11 is 0. The lowest BCUT2D eigenvalue weighted by molar-refractivity contribution is 0.307. The highest BCUT2D eigenvalue weighted by Crippen LogP contribution is 2.49. The summed E-state index contributed by atoms with van der Waals surface area (Å²) < 4.78 is 0. The Balaban J connectivity index is 1.94. The van der Waals surface area contributed by atoms with Crippen molar-refractivity contribution in [2.75, 3.05) is 0 Å². The quantitative estimate of drug-likeness (QED) is 0.523. The molecule has 2 aliphatic carbocycles. The van der Waals surface area contributed by atoms with Crippen molar-refractivity contribution in [2.24, 2.45) is 17.3 Å². The summed E-state index contributed by atoms with van der Waals surface area (Å²) in [6.45, 7) is 8.93. The molecule has 0 aromatic heterocycles. The van der Waals surface area contributed by atoms with E-state index in [-0.39, 0.29) is 0 Å². The van der Waals surface area contributed by atoms with Crippen LogP contribution in [-0.4, -0.2) is 0 Å². The molecule has 0 amide bonds. The van der Waals surface area contributed by atoms with Gasteiger partial charge in [-0.05, 0) is 49.9 Å². The van der Waals surface area contributed by atoms with Gasteiger partial charge in [-0.15, -0.1) is 0 Å². The third-order valence-corrected chi connectivity index (χ3v) is 5.22. The monoisotopic (exact) mass is 220 g/mol. The maximum absolute atomic E-state index is 4.24. The van der Waals surface area contributed by atoms with E-state index in [1.54, 1.807) is 0 Å². The summed E-state index contributed by atoms with van der Waals surface area (Å²) in [5, 5.41) is 0. The van der Waals surface area contributed by atoms with Crippen molar-refractivity contribution >= 4 is 0 Å². The van der Waals surface area contributed by atoms with E-state index in [0.717, 1.165) is 11.8 Å². The zero-order valence-electron chi connectivity index (χ0n) is 11.2. The highest BCUT2D eigenvalue weighted by Gasteiger charge is 2.38. The van der Waals surface area contributed by atoms with Crippen molar-refractivity contribution in [2.45, 2.75) is 71.6 Å². The predicted molar refractivity (Wildman–Crippen MR) is 71.5 cm³/mol. The third kappa shape index (κ3) is 2.90. The molecule has 0 saturated heterocycles. The van der Waals surface area contributed by atoms with E-state index < -0.39 is 0 Å². The Morgan fingerprint density at radius 3 is 2.44 bits per heavy atom. The minimum Gasteiger partial charge on any atom is -0.0996 e. The van der Waals surface area contributed by atoms with Crippen LogP contribution in [0.1, 0.15) is 71.6 Å². The van der Waals surface area contributed by atoms with Crippen molar-refractivity contribution < 1.29 is 0 Å². The molecule has 2 fully saturated rings. The standard InChI is InChI=1S/C16H28/c1-13(2)16(3)10-7-5-4-6-8-14-12-15(14)9-11-16/h14-15H,1,4-12H2,2-3H3. The van der Waals surface area contributed by atoms with Crippen LogP contribution in [0.25, 0.3) is 0 Å². The zero-order valence-corrected chi connectivity index (χ0v) is 11.2. The summed E-state index contributed by atoms with van der Waals surface area (Å²) in [4.78, 5) is 0. The highest BCUT2D eigenvalue weighted by atomic mass is 14.4. The van der Waals surface area contributed by atoms with Crippen LogP contribution in [0.3, 0.4) is 0 Å². The van der Waals surface area contributed by atoms with Crippen molar-refractivity contribution in [3.63, 3.8) is 0 Å². The fourth-order valence-electron chi connectivity index (χ4n) is 3.35. The van der Waals surface area contributed by atoms with E-state index in [1.807, 2.05) is 0 Å². The summed E-state index contributed by atoms with van der Waals surface area (Å²) in [5.74, 6) is 2.18. The molecule has 0 spiro atoms. The molecule has 2 rings (SSSR count). The van der Waals surface area contributed by atoms with Crippen molar-refractivity contribution in [3.05, 3.63) is 12.2 Å². The van der Waals surface area contributed by atoms with Crippen LogP contribution in [0, 0.1) is 17.3 Å². The maximum atomic E-state index is 4.24. The van der Waals surface area contributed by atoms with Crippen LogP contribution in [0.15, 0.2) is 12.2 Å². The molecular weight excluding hydrogens is 192 g/mol. The lowest BCUT2D eigenvalue weighted by Crippen LogP contribution is -2.17. The van der Waals surface area contributed by atoms with Gasteiger partial charge in [0.05, 0.1) is 0 Å². The van der Waals surface area contributed by atoms with Crippen molar-refractivity contribution in [1.29, 1.82) is 0 Å². The molecule has 16 heavy (non-hydrogen) atoms. The van der Waals surface area contributed by atoms with Gasteiger partial charge in [0.2, 0.25) is 0 Å². The molecule has 0 heterocycles. The van der Waals surface area contributed by atoms with Gasteiger partial charge in [-0.25, -0.2) is 0 Å². The van der Waals surface area contributed by atoms with Crippen LogP contribution in [0.4, 0.5) is 0 Å². The molecule has 0 bridgehead atoms. The topological polar surface area (TPSA) is 0 Å². The molecule has 0 radical (unpaired) electrons. The molecule has 0 aliphatic heterocycles. The molecule has 2 saturated carbocycles. The molecule has 3 atom stereocenters. The van der Waals surface area contributed by atoms with Gasteiger partial charge >= 0.3 is 0 Å². The van der Waals surface area contributed by atoms with E-state index in [9.17, 15) is 0 Å². The predicted octanol–water partition coefficient (Wildman–Crippen LogP) is 5.34. The second-order valence-electron chi connectivity index (χ2n) is 6.59. The van der Waals surface area contributed by atoms with E-state index in [0.29, 0.717) is 5.41 Å².